The van der Waals surface area contributed by atoms with Crippen LogP contribution in [-0.4, -0.2) is 79.3 Å². The van der Waals surface area contributed by atoms with E-state index in [1.54, 1.807) is 12.4 Å². The number of pyridine rings is 2. The van der Waals surface area contributed by atoms with Crippen LogP contribution in [0.3, 0.4) is 0 Å². The highest BCUT2D eigenvalue weighted by molar-refractivity contribution is 6.41. The number of nitrogens with zero attached hydrogens (tertiary/aromatic N) is 6. The van der Waals surface area contributed by atoms with Crippen molar-refractivity contribution in [1.82, 2.24) is 20.2 Å². The topological polar surface area (TPSA) is 106 Å². The molecule has 2 aliphatic heterocycles. The number of halogens is 4. The minimum absolute atomic E-state index is 0.0748. The van der Waals surface area contributed by atoms with Crippen LogP contribution in [0, 0.1) is 0 Å². The van der Waals surface area contributed by atoms with E-state index in [4.69, 9.17) is 46.4 Å². The van der Waals surface area contributed by atoms with E-state index in [0.717, 1.165) is 56.3 Å². The van der Waals surface area contributed by atoms with E-state index in [0.29, 0.717) is 51.0 Å². The van der Waals surface area contributed by atoms with E-state index in [-0.39, 0.29) is 6.03 Å². The molecule has 6 rings (SSSR count). The van der Waals surface area contributed by atoms with Gasteiger partial charge in [0, 0.05) is 58.0 Å². The third-order valence-electron chi connectivity index (χ3n) is 8.54. The number of rotatable bonds is 6. The summed E-state index contributed by atoms with van der Waals surface area (Å²) >= 11 is 23.5. The predicted molar refractivity (Wildman–Crippen MR) is 215 cm³/mol. The maximum absolute atomic E-state index is 12.5. The summed E-state index contributed by atoms with van der Waals surface area (Å²) in [5, 5.41) is 7.88. The molecule has 0 atom stereocenters. The minimum atomic E-state index is -0.0748. The molecule has 276 valence electrons. The zero-order valence-electron chi connectivity index (χ0n) is 29.8. The molecule has 2 amide bonds. The molecule has 4 aromatic rings. The van der Waals surface area contributed by atoms with Gasteiger partial charge < -0.3 is 25.3 Å². The molecule has 0 radical (unpaired) electrons. The number of isocyanates is 1. The van der Waals surface area contributed by atoms with Crippen molar-refractivity contribution in [2.75, 3.05) is 67.5 Å². The maximum Gasteiger partial charge on any atom is 0.321 e. The Morgan fingerprint density at radius 3 is 1.63 bits per heavy atom. The first-order valence-electron chi connectivity index (χ1n) is 17.1. The summed E-state index contributed by atoms with van der Waals surface area (Å²) in [5.41, 5.74) is 5.95. The van der Waals surface area contributed by atoms with E-state index < -0.39 is 0 Å². The van der Waals surface area contributed by atoms with Crippen LogP contribution in [-0.2, 0) is 4.79 Å². The first kappa shape index (κ1) is 40.9. The number of anilines is 3. The average Bonchev–Trinajstić information content (AvgIpc) is 3.15. The predicted octanol–water partition coefficient (Wildman–Crippen LogP) is 9.44. The van der Waals surface area contributed by atoms with Crippen LogP contribution < -0.4 is 20.4 Å². The normalized spacial score (nSPS) is 14.2. The Morgan fingerprint density at radius 2 is 1.19 bits per heavy atom. The second-order valence-electron chi connectivity index (χ2n) is 12.8. The van der Waals surface area contributed by atoms with Crippen molar-refractivity contribution in [3.8, 4) is 0 Å². The smallest absolute Gasteiger partial charge is 0.321 e. The molecule has 52 heavy (non-hydrogen) atoms. The Bertz CT molecular complexity index is 1790. The zero-order chi connectivity index (χ0) is 37.6. The molecule has 0 saturated carbocycles. The number of hydrogen-bond donors (Lipinski definition) is 2. The van der Waals surface area contributed by atoms with Crippen molar-refractivity contribution >= 4 is 81.3 Å². The first-order valence-corrected chi connectivity index (χ1v) is 18.6. The van der Waals surface area contributed by atoms with Gasteiger partial charge in [0.15, 0.2) is 0 Å². The fraction of sp³-hybridized carbons (Fsp3) is 0.368. The number of piperazine rings is 2. The van der Waals surface area contributed by atoms with Crippen LogP contribution in [0.1, 0.15) is 50.7 Å². The molecular weight excluding hydrogens is 742 g/mol. The lowest BCUT2D eigenvalue weighted by Crippen LogP contribution is -2.50. The number of benzene rings is 2. The number of hydrogen-bond acceptors (Lipinski definition) is 8. The summed E-state index contributed by atoms with van der Waals surface area (Å²) in [4.78, 5) is 40.2. The standard InChI is InChI=1S/C19H22Cl2N4O.C10H11NO.C9H11Cl2N3/c1-13(2)14-3-5-15(6-4-14)23-19(26)25-9-7-24(8-10-25)16-11-17(20)18(21)22-12-16;1-8(2)9-3-5-10(6-4-9)11-7-12;10-8-5-7(6-13-9(8)11)14-3-1-12-2-4-14/h3-6,11-13H,7-10H2,1-2H3,(H,23,26);3-6,8H,1-2H3;5-6,12H,1-4H2. The fourth-order valence-electron chi connectivity index (χ4n) is 5.40. The highest BCUT2D eigenvalue weighted by atomic mass is 35.5. The maximum atomic E-state index is 12.5. The van der Waals surface area contributed by atoms with Crippen LogP contribution in [0.25, 0.3) is 0 Å². The van der Waals surface area contributed by atoms with Crippen molar-refractivity contribution in [3.05, 3.63) is 105 Å². The molecule has 2 aromatic heterocycles. The van der Waals surface area contributed by atoms with Crippen LogP contribution >= 0.6 is 46.4 Å². The molecular formula is C38H44Cl4N8O2. The summed E-state index contributed by atoms with van der Waals surface area (Å²) in [6.07, 6.45) is 4.98. The molecule has 0 unspecified atom stereocenters. The Kier molecular flexibility index (Phi) is 16.0. The lowest BCUT2D eigenvalue weighted by atomic mass is 10.0. The molecule has 2 N–H and O–H groups in total. The number of urea groups is 1. The lowest BCUT2D eigenvalue weighted by Gasteiger charge is -2.36. The summed E-state index contributed by atoms with van der Waals surface area (Å²) in [5.74, 6) is 0.989. The van der Waals surface area contributed by atoms with Crippen LogP contribution in [0.5, 0.6) is 0 Å². The first-order chi connectivity index (χ1) is 24.9. The number of carbonyl (C=O) groups is 1. The van der Waals surface area contributed by atoms with E-state index in [9.17, 15) is 9.59 Å². The highest BCUT2D eigenvalue weighted by Gasteiger charge is 2.22. The van der Waals surface area contributed by atoms with Crippen LogP contribution in [0.15, 0.2) is 78.0 Å². The molecule has 2 fully saturated rings. The van der Waals surface area contributed by atoms with Crippen LogP contribution in [0.4, 0.5) is 27.5 Å². The highest BCUT2D eigenvalue weighted by Crippen LogP contribution is 2.27. The van der Waals surface area contributed by atoms with Gasteiger partial charge in [-0.25, -0.2) is 19.6 Å². The summed E-state index contributed by atoms with van der Waals surface area (Å²) < 4.78 is 0. The molecule has 14 heteroatoms. The SMILES string of the molecule is CC(C)c1ccc(N=C=O)cc1.CC(C)c1ccc(NC(=O)N2CCN(c3cnc(Cl)c(Cl)c3)CC2)cc1.Clc1cc(N2CCNCC2)cnc1Cl. The van der Waals surface area contributed by atoms with Crippen molar-refractivity contribution in [1.29, 1.82) is 0 Å². The summed E-state index contributed by atoms with van der Waals surface area (Å²) in [7, 11) is 0. The summed E-state index contributed by atoms with van der Waals surface area (Å²) in [6.45, 7) is 15.2. The quantitative estimate of drug-likeness (QED) is 0.114. The van der Waals surface area contributed by atoms with E-state index in [1.807, 2.05) is 53.4 Å². The molecule has 0 bridgehead atoms. The van der Waals surface area contributed by atoms with Crippen molar-refractivity contribution in [2.24, 2.45) is 4.99 Å². The fourth-order valence-corrected chi connectivity index (χ4v) is 5.93. The molecule has 2 saturated heterocycles. The van der Waals surface area contributed by atoms with Gasteiger partial charge in [-0.15, -0.1) is 0 Å². The number of aliphatic imine (C=N–C) groups is 1. The molecule has 2 aliphatic rings. The van der Waals surface area contributed by atoms with Gasteiger partial charge in [0.05, 0.1) is 39.5 Å². The van der Waals surface area contributed by atoms with Gasteiger partial charge in [-0.3, -0.25) is 0 Å². The summed E-state index contributed by atoms with van der Waals surface area (Å²) in [6, 6.07) is 19.2. The lowest BCUT2D eigenvalue weighted by molar-refractivity contribution is 0.208. The van der Waals surface area contributed by atoms with Crippen molar-refractivity contribution in [3.63, 3.8) is 0 Å². The van der Waals surface area contributed by atoms with Gasteiger partial charge in [0.1, 0.15) is 10.3 Å². The van der Waals surface area contributed by atoms with Gasteiger partial charge in [-0.1, -0.05) is 98.4 Å². The largest absolute Gasteiger partial charge is 0.368 e. The number of nitrogens with one attached hydrogen (secondary N) is 2. The van der Waals surface area contributed by atoms with Gasteiger partial charge in [0.25, 0.3) is 0 Å². The minimum Gasteiger partial charge on any atom is -0.368 e. The Morgan fingerprint density at radius 1 is 0.731 bits per heavy atom. The number of amides is 2. The van der Waals surface area contributed by atoms with E-state index in [2.05, 4.69) is 75.2 Å². The van der Waals surface area contributed by atoms with E-state index >= 15 is 0 Å². The third-order valence-corrected chi connectivity index (χ3v) is 9.91. The average molecular weight is 787 g/mol. The molecule has 0 spiro atoms. The second-order valence-corrected chi connectivity index (χ2v) is 14.3. The third kappa shape index (κ3) is 12.4. The van der Waals surface area contributed by atoms with E-state index in [1.165, 1.54) is 17.2 Å². The Balaban J connectivity index is 0.000000195. The zero-order valence-corrected chi connectivity index (χ0v) is 32.8. The van der Waals surface area contributed by atoms with Gasteiger partial charge in [-0.2, -0.15) is 4.99 Å². The van der Waals surface area contributed by atoms with Crippen molar-refractivity contribution < 1.29 is 9.59 Å². The van der Waals surface area contributed by atoms with Gasteiger partial charge in [0.2, 0.25) is 6.08 Å². The van der Waals surface area contributed by atoms with Crippen LogP contribution in [0.2, 0.25) is 20.4 Å². The van der Waals surface area contributed by atoms with Gasteiger partial charge in [-0.05, 0) is 59.4 Å². The monoisotopic (exact) mass is 784 g/mol. The molecule has 4 heterocycles. The molecule has 10 nitrogen and oxygen atoms in total. The number of aromatic nitrogens is 2. The Labute approximate surface area is 326 Å². The Hall–Kier alpha value is -3.89. The second kappa shape index (κ2) is 20.4. The molecule has 2 aromatic carbocycles. The number of carbonyl (C=O) groups excluding carboxylic acids is 2. The van der Waals surface area contributed by atoms with Crippen molar-refractivity contribution in [2.45, 2.75) is 39.5 Å². The van der Waals surface area contributed by atoms with Gasteiger partial charge >= 0.3 is 6.03 Å². The molecule has 0 aliphatic carbocycles.